The van der Waals surface area contributed by atoms with Crippen LogP contribution in [0.25, 0.3) is 0 Å². The minimum atomic E-state index is -0.0449. The van der Waals surface area contributed by atoms with E-state index in [2.05, 4.69) is 5.32 Å². The third-order valence-electron chi connectivity index (χ3n) is 3.76. The zero-order valence-electron chi connectivity index (χ0n) is 11.6. The Morgan fingerprint density at radius 2 is 1.95 bits per heavy atom. The number of piperidine rings is 1. The highest BCUT2D eigenvalue weighted by Gasteiger charge is 2.25. The smallest absolute Gasteiger partial charge is 0.223 e. The van der Waals surface area contributed by atoms with E-state index in [4.69, 9.17) is 0 Å². The molecule has 1 saturated heterocycles. The number of hydrogen-bond donors (Lipinski definition) is 2. The van der Waals surface area contributed by atoms with Gasteiger partial charge in [-0.05, 0) is 18.9 Å². The van der Waals surface area contributed by atoms with Crippen molar-refractivity contribution in [2.75, 3.05) is 13.1 Å². The molecule has 108 valence electrons. The fraction of sp³-hybridized carbons (Fsp3) is 0.467. The van der Waals surface area contributed by atoms with Crippen molar-refractivity contribution in [3.05, 3.63) is 29.8 Å². The van der Waals surface area contributed by atoms with Crippen LogP contribution in [0.1, 0.15) is 25.3 Å². The number of rotatable bonds is 3. The molecule has 2 N–H and O–H groups in total. The molecule has 1 heterocycles. The second-order valence-corrected chi connectivity index (χ2v) is 5.13. The van der Waals surface area contributed by atoms with Crippen molar-refractivity contribution in [2.24, 2.45) is 5.92 Å². The zero-order valence-corrected chi connectivity index (χ0v) is 11.6. The molecule has 1 aromatic carbocycles. The maximum Gasteiger partial charge on any atom is 0.223 e. The van der Waals surface area contributed by atoms with Crippen LogP contribution in [-0.2, 0) is 16.1 Å². The highest BCUT2D eigenvalue weighted by atomic mass is 16.3. The van der Waals surface area contributed by atoms with E-state index in [0.29, 0.717) is 38.0 Å². The summed E-state index contributed by atoms with van der Waals surface area (Å²) in [6, 6.07) is 6.96. The summed E-state index contributed by atoms with van der Waals surface area (Å²) in [4.78, 5) is 25.1. The molecular weight excluding hydrogens is 256 g/mol. The Hall–Kier alpha value is -2.04. The van der Waals surface area contributed by atoms with Gasteiger partial charge in [0.05, 0.1) is 0 Å². The first-order chi connectivity index (χ1) is 9.58. The van der Waals surface area contributed by atoms with Gasteiger partial charge in [-0.15, -0.1) is 0 Å². The highest BCUT2D eigenvalue weighted by Crippen LogP contribution is 2.19. The van der Waals surface area contributed by atoms with Crippen LogP contribution in [0.3, 0.4) is 0 Å². The van der Waals surface area contributed by atoms with Gasteiger partial charge in [0.1, 0.15) is 5.75 Å². The maximum absolute atomic E-state index is 12.1. The van der Waals surface area contributed by atoms with Crippen LogP contribution in [-0.4, -0.2) is 34.9 Å². The van der Waals surface area contributed by atoms with Gasteiger partial charge in [0.15, 0.2) is 0 Å². The van der Waals surface area contributed by atoms with Gasteiger partial charge in [0.25, 0.3) is 0 Å². The van der Waals surface area contributed by atoms with Crippen LogP contribution in [0.5, 0.6) is 5.75 Å². The van der Waals surface area contributed by atoms with E-state index in [-0.39, 0.29) is 23.5 Å². The van der Waals surface area contributed by atoms with Crippen molar-refractivity contribution in [3.8, 4) is 5.75 Å². The molecule has 0 atom stereocenters. The predicted molar refractivity (Wildman–Crippen MR) is 74.9 cm³/mol. The van der Waals surface area contributed by atoms with Crippen LogP contribution >= 0.6 is 0 Å². The minimum Gasteiger partial charge on any atom is -0.508 e. The Bertz CT molecular complexity index is 494. The Kier molecular flexibility index (Phi) is 4.61. The molecule has 5 nitrogen and oxygen atoms in total. The average Bonchev–Trinajstić information content (AvgIpc) is 2.46. The van der Waals surface area contributed by atoms with Crippen LogP contribution in [0, 0.1) is 5.92 Å². The van der Waals surface area contributed by atoms with E-state index < -0.39 is 0 Å². The average molecular weight is 276 g/mol. The first-order valence-corrected chi connectivity index (χ1v) is 6.88. The first-order valence-electron chi connectivity index (χ1n) is 6.88. The second kappa shape index (κ2) is 6.41. The number of benzene rings is 1. The van der Waals surface area contributed by atoms with Crippen molar-refractivity contribution >= 4 is 11.8 Å². The largest absolute Gasteiger partial charge is 0.508 e. The minimum absolute atomic E-state index is 0.00328. The van der Waals surface area contributed by atoms with Crippen LogP contribution in [0.15, 0.2) is 24.3 Å². The van der Waals surface area contributed by atoms with Crippen molar-refractivity contribution < 1.29 is 14.7 Å². The second-order valence-electron chi connectivity index (χ2n) is 5.13. The molecular formula is C15H20N2O3. The summed E-state index contributed by atoms with van der Waals surface area (Å²) in [6.45, 7) is 3.17. The molecule has 0 aromatic heterocycles. The first kappa shape index (κ1) is 14.4. The van der Waals surface area contributed by atoms with E-state index in [1.807, 2.05) is 6.07 Å². The van der Waals surface area contributed by atoms with E-state index in [1.54, 1.807) is 30.0 Å². The third-order valence-corrected chi connectivity index (χ3v) is 3.76. The summed E-state index contributed by atoms with van der Waals surface area (Å²) in [5.74, 6) is 0.213. The Balaban J connectivity index is 1.82. The number of para-hydroxylation sites is 1. The van der Waals surface area contributed by atoms with Gasteiger partial charge in [0.2, 0.25) is 11.8 Å². The summed E-state index contributed by atoms with van der Waals surface area (Å²) in [6.07, 6.45) is 1.40. The third kappa shape index (κ3) is 3.50. The monoisotopic (exact) mass is 276 g/mol. The van der Waals surface area contributed by atoms with E-state index >= 15 is 0 Å². The van der Waals surface area contributed by atoms with Crippen LogP contribution in [0.4, 0.5) is 0 Å². The molecule has 2 amide bonds. The normalized spacial score (nSPS) is 15.9. The van der Waals surface area contributed by atoms with Gasteiger partial charge in [-0.3, -0.25) is 9.59 Å². The number of likely N-dealkylation sites (tertiary alicyclic amines) is 1. The van der Waals surface area contributed by atoms with Gasteiger partial charge in [-0.1, -0.05) is 18.2 Å². The van der Waals surface area contributed by atoms with Crippen LogP contribution < -0.4 is 5.32 Å². The Morgan fingerprint density at radius 3 is 2.55 bits per heavy atom. The van der Waals surface area contributed by atoms with E-state index in [0.717, 1.165) is 0 Å². The predicted octanol–water partition coefficient (Wildman–Crippen LogP) is 1.27. The molecule has 0 spiro atoms. The number of aromatic hydroxyl groups is 1. The van der Waals surface area contributed by atoms with Gasteiger partial charge < -0.3 is 15.3 Å². The van der Waals surface area contributed by atoms with Gasteiger partial charge in [0, 0.05) is 38.0 Å². The lowest BCUT2D eigenvalue weighted by Crippen LogP contribution is -2.42. The fourth-order valence-electron chi connectivity index (χ4n) is 2.44. The molecule has 5 heteroatoms. The molecule has 0 bridgehead atoms. The molecule has 1 aliphatic heterocycles. The van der Waals surface area contributed by atoms with Crippen molar-refractivity contribution in [3.63, 3.8) is 0 Å². The molecule has 1 aliphatic rings. The number of carbonyl (C=O) groups excluding carboxylic acids is 2. The lowest BCUT2D eigenvalue weighted by atomic mass is 9.96. The number of hydrogen-bond acceptors (Lipinski definition) is 3. The fourth-order valence-corrected chi connectivity index (χ4v) is 2.44. The summed E-state index contributed by atoms with van der Waals surface area (Å²) >= 11 is 0. The van der Waals surface area contributed by atoms with Crippen molar-refractivity contribution in [1.82, 2.24) is 10.2 Å². The molecule has 1 fully saturated rings. The Labute approximate surface area is 118 Å². The molecule has 20 heavy (non-hydrogen) atoms. The van der Waals surface area contributed by atoms with E-state index in [9.17, 15) is 14.7 Å². The topological polar surface area (TPSA) is 69.6 Å². The lowest BCUT2D eigenvalue weighted by molar-refractivity contribution is -0.134. The standard InChI is InChI=1S/C15H20N2O3/c1-11(18)17-8-6-12(7-9-17)15(20)16-10-13-4-2-3-5-14(13)19/h2-5,12,19H,6-10H2,1H3,(H,16,20). The van der Waals surface area contributed by atoms with Gasteiger partial charge in [-0.25, -0.2) is 0 Å². The SMILES string of the molecule is CC(=O)N1CCC(C(=O)NCc2ccccc2O)CC1. The number of nitrogens with one attached hydrogen (secondary N) is 1. The molecule has 0 unspecified atom stereocenters. The van der Waals surface area contributed by atoms with Crippen molar-refractivity contribution in [1.29, 1.82) is 0 Å². The summed E-state index contributed by atoms with van der Waals surface area (Å²) in [5, 5.41) is 12.5. The summed E-state index contributed by atoms with van der Waals surface area (Å²) in [7, 11) is 0. The molecule has 1 aromatic rings. The number of amides is 2. The number of phenolic OH excluding ortho intramolecular Hbond substituents is 1. The molecule has 2 rings (SSSR count). The quantitative estimate of drug-likeness (QED) is 0.873. The van der Waals surface area contributed by atoms with Gasteiger partial charge in [-0.2, -0.15) is 0 Å². The van der Waals surface area contributed by atoms with Crippen LogP contribution in [0.2, 0.25) is 0 Å². The molecule has 0 saturated carbocycles. The highest BCUT2D eigenvalue weighted by molar-refractivity contribution is 5.79. The van der Waals surface area contributed by atoms with Crippen molar-refractivity contribution in [2.45, 2.75) is 26.3 Å². The van der Waals surface area contributed by atoms with Gasteiger partial charge >= 0.3 is 0 Å². The lowest BCUT2D eigenvalue weighted by Gasteiger charge is -2.30. The molecule has 0 aliphatic carbocycles. The molecule has 0 radical (unpaired) electrons. The van der Waals surface area contributed by atoms with E-state index in [1.165, 1.54) is 0 Å². The zero-order chi connectivity index (χ0) is 14.5. The maximum atomic E-state index is 12.1. The Morgan fingerprint density at radius 1 is 1.30 bits per heavy atom. The number of nitrogens with zero attached hydrogens (tertiary/aromatic N) is 1. The summed E-state index contributed by atoms with van der Waals surface area (Å²) in [5.41, 5.74) is 0.710. The summed E-state index contributed by atoms with van der Waals surface area (Å²) < 4.78 is 0. The number of carbonyl (C=O) groups is 2. The number of phenols is 1.